The number of Topliss-reactive ketones (excluding diaryl/α,β-unsaturated/α-hetero) is 1. The molecular formula is C12H9NO2. The third-order valence-electron chi connectivity index (χ3n) is 2.26. The van der Waals surface area contributed by atoms with E-state index in [2.05, 4.69) is 0 Å². The van der Waals surface area contributed by atoms with E-state index >= 15 is 0 Å². The number of ketones is 1. The first-order valence-electron chi connectivity index (χ1n) is 4.50. The molecule has 2 aromatic rings. The summed E-state index contributed by atoms with van der Waals surface area (Å²) in [5.74, 6) is -0.543. The molecule has 0 aliphatic carbocycles. The molecule has 2 N–H and O–H groups in total. The van der Waals surface area contributed by atoms with E-state index in [-0.39, 0.29) is 0 Å². The molecule has 0 amide bonds. The van der Waals surface area contributed by atoms with Crippen LogP contribution in [-0.4, -0.2) is 12.1 Å². The molecule has 0 radical (unpaired) electrons. The Morgan fingerprint density at radius 2 is 1.93 bits per heavy atom. The highest BCUT2D eigenvalue weighted by Gasteiger charge is 2.09. The maximum absolute atomic E-state index is 11.4. The second-order valence-corrected chi connectivity index (χ2v) is 3.27. The van der Waals surface area contributed by atoms with Crippen LogP contribution in [-0.2, 0) is 4.79 Å². The first kappa shape index (κ1) is 9.40. The van der Waals surface area contributed by atoms with E-state index in [1.54, 1.807) is 12.1 Å². The zero-order valence-corrected chi connectivity index (χ0v) is 7.94. The first-order chi connectivity index (χ1) is 7.22. The van der Waals surface area contributed by atoms with Crippen LogP contribution in [0.5, 0.6) is 0 Å². The van der Waals surface area contributed by atoms with Gasteiger partial charge in [0.05, 0.1) is 0 Å². The Hall–Kier alpha value is -2.16. The summed E-state index contributed by atoms with van der Waals surface area (Å²) >= 11 is 0. The molecule has 0 aliphatic rings. The number of hydrogen-bond acceptors (Lipinski definition) is 3. The van der Waals surface area contributed by atoms with E-state index in [0.717, 1.165) is 10.8 Å². The predicted octanol–water partition coefficient (Wildman–Crippen LogP) is 1.80. The second kappa shape index (κ2) is 3.53. The van der Waals surface area contributed by atoms with Gasteiger partial charge in [0.15, 0.2) is 6.29 Å². The van der Waals surface area contributed by atoms with Crippen LogP contribution in [0.2, 0.25) is 0 Å². The highest BCUT2D eigenvalue weighted by atomic mass is 16.2. The molecule has 3 nitrogen and oxygen atoms in total. The third-order valence-corrected chi connectivity index (χ3v) is 2.26. The number of aldehydes is 1. The largest absolute Gasteiger partial charge is 0.399 e. The average Bonchev–Trinajstić information content (AvgIpc) is 2.26. The van der Waals surface area contributed by atoms with Gasteiger partial charge in [-0.25, -0.2) is 0 Å². The molecule has 0 aliphatic heterocycles. The van der Waals surface area contributed by atoms with Crippen molar-refractivity contribution in [3.05, 3.63) is 42.0 Å². The fraction of sp³-hybridized carbons (Fsp3) is 0. The van der Waals surface area contributed by atoms with Gasteiger partial charge in [-0.3, -0.25) is 9.59 Å². The van der Waals surface area contributed by atoms with Crippen LogP contribution in [0.4, 0.5) is 5.69 Å². The molecule has 2 rings (SSSR count). The third kappa shape index (κ3) is 1.59. The maximum atomic E-state index is 11.4. The fourth-order valence-electron chi connectivity index (χ4n) is 1.60. The van der Waals surface area contributed by atoms with Gasteiger partial charge in [0.1, 0.15) is 0 Å². The SMILES string of the molecule is Nc1cc(C(=O)C=O)c2ccccc2c1. The van der Waals surface area contributed by atoms with Crippen molar-refractivity contribution in [3.63, 3.8) is 0 Å². The molecule has 0 saturated heterocycles. The van der Waals surface area contributed by atoms with Crippen LogP contribution in [0.15, 0.2) is 36.4 Å². The summed E-state index contributed by atoms with van der Waals surface area (Å²) in [6, 6.07) is 10.6. The minimum absolute atomic E-state index is 0.307. The van der Waals surface area contributed by atoms with Crippen LogP contribution < -0.4 is 5.73 Å². The lowest BCUT2D eigenvalue weighted by atomic mass is 10.0. The lowest BCUT2D eigenvalue weighted by Crippen LogP contribution is -2.02. The van der Waals surface area contributed by atoms with Gasteiger partial charge in [-0.15, -0.1) is 0 Å². The first-order valence-corrected chi connectivity index (χ1v) is 4.50. The summed E-state index contributed by atoms with van der Waals surface area (Å²) in [5.41, 5.74) is 6.50. The maximum Gasteiger partial charge on any atom is 0.226 e. The molecule has 2 aromatic carbocycles. The van der Waals surface area contributed by atoms with Crippen LogP contribution in [0.3, 0.4) is 0 Å². The minimum atomic E-state index is -0.543. The summed E-state index contributed by atoms with van der Waals surface area (Å²) in [6.45, 7) is 0. The number of carbonyl (C=O) groups is 2. The zero-order valence-electron chi connectivity index (χ0n) is 7.94. The number of carbonyl (C=O) groups excluding carboxylic acids is 2. The van der Waals surface area contributed by atoms with E-state index < -0.39 is 5.78 Å². The van der Waals surface area contributed by atoms with Gasteiger partial charge in [0.2, 0.25) is 5.78 Å². The Morgan fingerprint density at radius 3 is 2.67 bits per heavy atom. The Bertz CT molecular complexity index is 546. The Labute approximate surface area is 86.5 Å². The zero-order chi connectivity index (χ0) is 10.8. The molecule has 0 heterocycles. The van der Waals surface area contributed by atoms with Crippen molar-refractivity contribution >= 4 is 28.5 Å². The molecule has 3 heteroatoms. The van der Waals surface area contributed by atoms with Gasteiger partial charge in [-0.1, -0.05) is 24.3 Å². The van der Waals surface area contributed by atoms with Crippen LogP contribution in [0.25, 0.3) is 10.8 Å². The number of fused-ring (bicyclic) bond motifs is 1. The molecule has 74 valence electrons. The highest BCUT2D eigenvalue weighted by Crippen LogP contribution is 2.22. The quantitative estimate of drug-likeness (QED) is 0.347. The van der Waals surface area contributed by atoms with E-state index in [9.17, 15) is 9.59 Å². The molecule has 0 spiro atoms. The van der Waals surface area contributed by atoms with Crippen LogP contribution >= 0.6 is 0 Å². The summed E-state index contributed by atoms with van der Waals surface area (Å²) in [7, 11) is 0. The molecule has 0 saturated carbocycles. The van der Waals surface area contributed by atoms with E-state index in [1.807, 2.05) is 18.2 Å². The summed E-state index contributed by atoms with van der Waals surface area (Å²) < 4.78 is 0. The van der Waals surface area contributed by atoms with Crippen molar-refractivity contribution in [2.45, 2.75) is 0 Å². The molecular weight excluding hydrogens is 190 g/mol. The molecule has 0 fully saturated rings. The monoisotopic (exact) mass is 199 g/mol. The van der Waals surface area contributed by atoms with Crippen LogP contribution in [0, 0.1) is 0 Å². The number of nitrogens with two attached hydrogens (primary N) is 1. The Morgan fingerprint density at radius 1 is 1.20 bits per heavy atom. The van der Waals surface area contributed by atoms with E-state index in [4.69, 9.17) is 5.73 Å². The predicted molar refractivity (Wildman–Crippen MR) is 58.8 cm³/mol. The molecule has 0 aromatic heterocycles. The van der Waals surface area contributed by atoms with Crippen molar-refractivity contribution in [2.24, 2.45) is 0 Å². The second-order valence-electron chi connectivity index (χ2n) is 3.27. The van der Waals surface area contributed by atoms with E-state index in [0.29, 0.717) is 17.5 Å². The topological polar surface area (TPSA) is 60.2 Å². The molecule has 15 heavy (non-hydrogen) atoms. The van der Waals surface area contributed by atoms with Gasteiger partial charge in [0, 0.05) is 11.3 Å². The summed E-state index contributed by atoms with van der Waals surface area (Å²) in [4.78, 5) is 21.8. The van der Waals surface area contributed by atoms with Gasteiger partial charge in [-0.05, 0) is 22.9 Å². The van der Waals surface area contributed by atoms with Gasteiger partial charge >= 0.3 is 0 Å². The van der Waals surface area contributed by atoms with E-state index in [1.165, 1.54) is 6.07 Å². The summed E-state index contributed by atoms with van der Waals surface area (Å²) in [5, 5.41) is 1.62. The minimum Gasteiger partial charge on any atom is -0.399 e. The van der Waals surface area contributed by atoms with Crippen molar-refractivity contribution in [1.29, 1.82) is 0 Å². The molecule has 0 bridgehead atoms. The Kier molecular flexibility index (Phi) is 2.21. The number of benzene rings is 2. The van der Waals surface area contributed by atoms with Crippen molar-refractivity contribution in [2.75, 3.05) is 5.73 Å². The van der Waals surface area contributed by atoms with Gasteiger partial charge < -0.3 is 5.73 Å². The summed E-state index contributed by atoms with van der Waals surface area (Å²) in [6.07, 6.45) is 0.307. The lowest BCUT2D eigenvalue weighted by Gasteiger charge is -2.04. The molecule has 0 atom stereocenters. The van der Waals surface area contributed by atoms with Crippen molar-refractivity contribution in [1.82, 2.24) is 0 Å². The number of nitrogen functional groups attached to an aromatic ring is 1. The lowest BCUT2D eigenvalue weighted by molar-refractivity contribution is -0.104. The number of hydrogen-bond donors (Lipinski definition) is 1. The number of rotatable bonds is 2. The Balaban J connectivity index is 2.82. The standard InChI is InChI=1S/C12H9NO2/c13-9-5-8-3-1-2-4-10(8)11(6-9)12(15)7-14/h1-7H,13H2. The fourth-order valence-corrected chi connectivity index (χ4v) is 1.60. The smallest absolute Gasteiger partial charge is 0.226 e. The van der Waals surface area contributed by atoms with Gasteiger partial charge in [-0.2, -0.15) is 0 Å². The normalized spacial score (nSPS) is 10.1. The number of anilines is 1. The van der Waals surface area contributed by atoms with Crippen LogP contribution in [0.1, 0.15) is 10.4 Å². The highest BCUT2D eigenvalue weighted by molar-refractivity contribution is 6.36. The average molecular weight is 199 g/mol. The molecule has 0 unspecified atom stereocenters. The van der Waals surface area contributed by atoms with Crippen molar-refractivity contribution < 1.29 is 9.59 Å². The van der Waals surface area contributed by atoms with Crippen molar-refractivity contribution in [3.8, 4) is 0 Å². The van der Waals surface area contributed by atoms with Gasteiger partial charge in [0.25, 0.3) is 0 Å².